The van der Waals surface area contributed by atoms with Crippen molar-refractivity contribution in [3.63, 3.8) is 0 Å². The molecule has 0 saturated carbocycles. The fourth-order valence-electron chi connectivity index (χ4n) is 3.39. The number of anilines is 1. The molecular formula is C18H26FNO3. The van der Waals surface area contributed by atoms with E-state index in [1.165, 1.54) is 0 Å². The van der Waals surface area contributed by atoms with E-state index in [1.807, 2.05) is 6.07 Å². The Labute approximate surface area is 137 Å². The van der Waals surface area contributed by atoms with E-state index in [2.05, 4.69) is 4.90 Å². The Bertz CT molecular complexity index is 497. The van der Waals surface area contributed by atoms with Crippen LogP contribution >= 0.6 is 0 Å². The molecule has 0 aromatic heterocycles. The zero-order valence-electron chi connectivity index (χ0n) is 13.5. The predicted octanol–water partition coefficient (Wildman–Crippen LogP) is 2.73. The third kappa shape index (κ3) is 4.22. The van der Waals surface area contributed by atoms with Crippen LogP contribution in [0.2, 0.25) is 0 Å². The molecule has 0 amide bonds. The standard InChI is InChI=1S/C18H26FNO3/c19-18-15(12-21)2-1-3-17(18)20-8-4-14(5-9-20)13-23-16-6-10-22-11-7-16/h1-3,14,16,21H,4-13H2. The van der Waals surface area contributed by atoms with Crippen LogP contribution in [0.4, 0.5) is 10.1 Å². The van der Waals surface area contributed by atoms with Crippen LogP contribution in [0.5, 0.6) is 0 Å². The Hall–Kier alpha value is -1.17. The van der Waals surface area contributed by atoms with Crippen LogP contribution in [-0.2, 0) is 16.1 Å². The third-order valence-electron chi connectivity index (χ3n) is 4.92. The summed E-state index contributed by atoms with van der Waals surface area (Å²) in [6.07, 6.45) is 4.38. The summed E-state index contributed by atoms with van der Waals surface area (Å²) in [6, 6.07) is 5.24. The molecule has 0 atom stereocenters. The number of hydrogen-bond acceptors (Lipinski definition) is 4. The molecule has 128 valence electrons. The lowest BCUT2D eigenvalue weighted by Crippen LogP contribution is -2.36. The molecule has 1 aromatic carbocycles. The van der Waals surface area contributed by atoms with Crippen LogP contribution in [0.25, 0.3) is 0 Å². The van der Waals surface area contributed by atoms with Gasteiger partial charge >= 0.3 is 0 Å². The van der Waals surface area contributed by atoms with Crippen LogP contribution in [-0.4, -0.2) is 44.1 Å². The van der Waals surface area contributed by atoms with Gasteiger partial charge in [-0.3, -0.25) is 0 Å². The first-order valence-corrected chi connectivity index (χ1v) is 8.60. The first kappa shape index (κ1) is 16.7. The van der Waals surface area contributed by atoms with Crippen molar-refractivity contribution in [2.75, 3.05) is 37.8 Å². The van der Waals surface area contributed by atoms with E-state index in [0.29, 0.717) is 23.3 Å². The summed E-state index contributed by atoms with van der Waals surface area (Å²) in [5.41, 5.74) is 0.979. The average molecular weight is 323 g/mol. The van der Waals surface area contributed by atoms with Gasteiger partial charge in [-0.2, -0.15) is 0 Å². The van der Waals surface area contributed by atoms with Gasteiger partial charge in [0.25, 0.3) is 0 Å². The number of benzene rings is 1. The molecule has 0 unspecified atom stereocenters. The number of nitrogens with zero attached hydrogens (tertiary/aromatic N) is 1. The highest BCUT2D eigenvalue weighted by Crippen LogP contribution is 2.28. The SMILES string of the molecule is OCc1cccc(N2CCC(COC3CCOCC3)CC2)c1F. The molecule has 0 spiro atoms. The first-order chi connectivity index (χ1) is 11.3. The highest BCUT2D eigenvalue weighted by Gasteiger charge is 2.23. The van der Waals surface area contributed by atoms with E-state index < -0.39 is 0 Å². The van der Waals surface area contributed by atoms with Gasteiger partial charge in [-0.1, -0.05) is 12.1 Å². The van der Waals surface area contributed by atoms with Gasteiger partial charge in [0, 0.05) is 38.5 Å². The molecule has 0 aliphatic carbocycles. The maximum Gasteiger partial charge on any atom is 0.151 e. The van der Waals surface area contributed by atoms with E-state index in [0.717, 1.165) is 58.6 Å². The molecule has 3 rings (SSSR count). The van der Waals surface area contributed by atoms with Crippen LogP contribution < -0.4 is 4.90 Å². The quantitative estimate of drug-likeness (QED) is 0.905. The molecule has 23 heavy (non-hydrogen) atoms. The van der Waals surface area contributed by atoms with Gasteiger partial charge in [0.15, 0.2) is 5.82 Å². The van der Waals surface area contributed by atoms with Crippen molar-refractivity contribution in [2.45, 2.75) is 38.4 Å². The zero-order valence-corrected chi connectivity index (χ0v) is 13.5. The van der Waals surface area contributed by atoms with Gasteiger partial charge in [0.2, 0.25) is 0 Å². The lowest BCUT2D eigenvalue weighted by Gasteiger charge is -2.34. The molecule has 2 saturated heterocycles. The number of halogens is 1. The number of ether oxygens (including phenoxy) is 2. The minimum Gasteiger partial charge on any atom is -0.392 e. The van der Waals surface area contributed by atoms with Crippen LogP contribution in [0, 0.1) is 11.7 Å². The second kappa shape index (κ2) is 8.08. The molecule has 0 bridgehead atoms. The van der Waals surface area contributed by atoms with Gasteiger partial charge in [0.05, 0.1) is 18.4 Å². The van der Waals surface area contributed by atoms with Crippen molar-refractivity contribution >= 4 is 5.69 Å². The number of aliphatic hydroxyl groups is 1. The van der Waals surface area contributed by atoms with E-state index in [1.54, 1.807) is 12.1 Å². The summed E-state index contributed by atoms with van der Waals surface area (Å²) >= 11 is 0. The Kier molecular flexibility index (Phi) is 5.86. The van der Waals surface area contributed by atoms with Crippen molar-refractivity contribution in [1.82, 2.24) is 0 Å². The zero-order chi connectivity index (χ0) is 16.1. The molecule has 5 heteroatoms. The summed E-state index contributed by atoms with van der Waals surface area (Å²) in [6.45, 7) is 3.85. The highest BCUT2D eigenvalue weighted by molar-refractivity contribution is 5.50. The van der Waals surface area contributed by atoms with Gasteiger partial charge in [-0.25, -0.2) is 4.39 Å². The molecule has 2 heterocycles. The smallest absolute Gasteiger partial charge is 0.151 e. The summed E-state index contributed by atoms with van der Waals surface area (Å²) < 4.78 is 25.7. The highest BCUT2D eigenvalue weighted by atomic mass is 19.1. The lowest BCUT2D eigenvalue weighted by atomic mass is 9.97. The molecule has 2 fully saturated rings. The Morgan fingerprint density at radius 2 is 1.91 bits per heavy atom. The summed E-state index contributed by atoms with van der Waals surface area (Å²) in [5, 5.41) is 9.19. The van der Waals surface area contributed by atoms with Gasteiger partial charge in [0.1, 0.15) is 0 Å². The molecule has 2 aliphatic heterocycles. The number of piperidine rings is 1. The second-order valence-corrected chi connectivity index (χ2v) is 6.48. The first-order valence-electron chi connectivity index (χ1n) is 8.60. The Morgan fingerprint density at radius 3 is 2.61 bits per heavy atom. The Morgan fingerprint density at radius 1 is 1.17 bits per heavy atom. The number of aliphatic hydroxyl groups excluding tert-OH is 1. The van der Waals surface area contributed by atoms with Gasteiger partial charge in [-0.15, -0.1) is 0 Å². The minimum absolute atomic E-state index is 0.255. The third-order valence-corrected chi connectivity index (χ3v) is 4.92. The molecule has 0 radical (unpaired) electrons. The number of hydrogen-bond donors (Lipinski definition) is 1. The van der Waals surface area contributed by atoms with Crippen molar-refractivity contribution in [2.24, 2.45) is 5.92 Å². The van der Waals surface area contributed by atoms with Gasteiger partial charge in [-0.05, 0) is 37.7 Å². The van der Waals surface area contributed by atoms with Gasteiger partial charge < -0.3 is 19.5 Å². The average Bonchev–Trinajstić information content (AvgIpc) is 2.62. The van der Waals surface area contributed by atoms with E-state index in [-0.39, 0.29) is 12.4 Å². The fraction of sp³-hybridized carbons (Fsp3) is 0.667. The lowest BCUT2D eigenvalue weighted by molar-refractivity contribution is -0.0448. The molecule has 1 N–H and O–H groups in total. The summed E-state index contributed by atoms with van der Waals surface area (Å²) in [4.78, 5) is 2.08. The summed E-state index contributed by atoms with van der Waals surface area (Å²) in [7, 11) is 0. The molecule has 1 aromatic rings. The topological polar surface area (TPSA) is 41.9 Å². The fourth-order valence-corrected chi connectivity index (χ4v) is 3.39. The van der Waals surface area contributed by atoms with Crippen LogP contribution in [0.1, 0.15) is 31.2 Å². The van der Waals surface area contributed by atoms with Crippen molar-refractivity contribution in [3.8, 4) is 0 Å². The molecule has 2 aliphatic rings. The maximum atomic E-state index is 14.3. The Balaban J connectivity index is 1.48. The monoisotopic (exact) mass is 323 g/mol. The van der Waals surface area contributed by atoms with Crippen LogP contribution in [0.15, 0.2) is 18.2 Å². The largest absolute Gasteiger partial charge is 0.392 e. The van der Waals surface area contributed by atoms with Crippen molar-refractivity contribution in [3.05, 3.63) is 29.6 Å². The van der Waals surface area contributed by atoms with Crippen LogP contribution in [0.3, 0.4) is 0 Å². The predicted molar refractivity (Wildman–Crippen MR) is 87.1 cm³/mol. The van der Waals surface area contributed by atoms with E-state index in [9.17, 15) is 9.50 Å². The van der Waals surface area contributed by atoms with E-state index >= 15 is 0 Å². The van der Waals surface area contributed by atoms with Crippen molar-refractivity contribution < 1.29 is 19.0 Å². The number of rotatable bonds is 5. The molecule has 4 nitrogen and oxygen atoms in total. The van der Waals surface area contributed by atoms with Crippen molar-refractivity contribution in [1.29, 1.82) is 0 Å². The van der Waals surface area contributed by atoms with E-state index in [4.69, 9.17) is 9.47 Å². The second-order valence-electron chi connectivity index (χ2n) is 6.48. The molecular weight excluding hydrogens is 297 g/mol. The summed E-state index contributed by atoms with van der Waals surface area (Å²) in [5.74, 6) is 0.269. The minimum atomic E-state index is -0.285. The normalized spacial score (nSPS) is 20.9. The maximum absolute atomic E-state index is 14.3.